The Balaban J connectivity index is 1.64. The monoisotopic (exact) mass is 404 g/mol. The van der Waals surface area contributed by atoms with E-state index in [9.17, 15) is 12.8 Å². The second-order valence-electron chi connectivity index (χ2n) is 7.20. The predicted octanol–water partition coefficient (Wildman–Crippen LogP) is 3.72. The van der Waals surface area contributed by atoms with Crippen molar-refractivity contribution in [3.63, 3.8) is 0 Å². The van der Waals surface area contributed by atoms with Crippen LogP contribution in [0.3, 0.4) is 0 Å². The highest BCUT2D eigenvalue weighted by molar-refractivity contribution is 8.13. The summed E-state index contributed by atoms with van der Waals surface area (Å²) < 4.78 is 37.4. The molecule has 2 aliphatic heterocycles. The first-order valence-corrected chi connectivity index (χ1v) is 11.6. The Morgan fingerprint density at radius 2 is 1.89 bits per heavy atom. The van der Waals surface area contributed by atoms with Gasteiger partial charge in [-0.1, -0.05) is 41.6 Å². The van der Waals surface area contributed by atoms with Gasteiger partial charge in [-0.05, 0) is 43.2 Å². The fourth-order valence-corrected chi connectivity index (χ4v) is 6.63. The molecule has 142 valence electrons. The van der Waals surface area contributed by atoms with Crippen LogP contribution in [0.2, 0.25) is 0 Å². The number of sulfone groups is 1. The maximum Gasteiger partial charge on any atom is 0.164 e. The minimum absolute atomic E-state index is 0.111. The fourth-order valence-electron chi connectivity index (χ4n) is 3.72. The van der Waals surface area contributed by atoms with Gasteiger partial charge in [-0.25, -0.2) is 12.8 Å². The van der Waals surface area contributed by atoms with E-state index < -0.39 is 9.84 Å². The molecule has 2 aliphatic rings. The molecule has 7 heteroatoms. The lowest BCUT2D eigenvalue weighted by atomic mass is 10.1. The third-order valence-corrected chi connectivity index (χ3v) is 7.74. The lowest BCUT2D eigenvalue weighted by Gasteiger charge is -2.28. The number of amidine groups is 1. The lowest BCUT2D eigenvalue weighted by Crippen LogP contribution is -2.39. The van der Waals surface area contributed by atoms with Crippen molar-refractivity contribution in [1.82, 2.24) is 0 Å². The average Bonchev–Trinajstić information content (AvgIpc) is 3.06. The topological polar surface area (TPSA) is 49.7 Å². The molecule has 2 aromatic rings. The van der Waals surface area contributed by atoms with Gasteiger partial charge in [0.05, 0.1) is 23.6 Å². The molecule has 0 aliphatic carbocycles. The Labute approximate surface area is 163 Å². The zero-order chi connectivity index (χ0) is 19.2. The van der Waals surface area contributed by atoms with Gasteiger partial charge in [-0.15, -0.1) is 0 Å². The third kappa shape index (κ3) is 3.75. The van der Waals surface area contributed by atoms with Crippen molar-refractivity contribution in [2.75, 3.05) is 16.4 Å². The van der Waals surface area contributed by atoms with Gasteiger partial charge in [-0.3, -0.25) is 4.99 Å². The highest BCUT2D eigenvalue weighted by Gasteiger charge is 2.47. The molecule has 2 atom stereocenters. The number of thioether (sulfide) groups is 1. The fraction of sp³-hybridized carbons (Fsp3) is 0.350. The molecule has 2 aromatic carbocycles. The van der Waals surface area contributed by atoms with Crippen molar-refractivity contribution in [3.05, 3.63) is 65.0 Å². The molecule has 1 fully saturated rings. The molecular weight excluding hydrogens is 383 g/mol. The molecular formula is C20H21FN2O2S2. The Morgan fingerprint density at radius 1 is 1.15 bits per heavy atom. The van der Waals surface area contributed by atoms with Crippen LogP contribution in [0.5, 0.6) is 0 Å². The van der Waals surface area contributed by atoms with Crippen molar-refractivity contribution in [2.45, 2.75) is 31.7 Å². The normalized spacial score (nSPS) is 23.4. The van der Waals surface area contributed by atoms with Crippen LogP contribution >= 0.6 is 11.8 Å². The van der Waals surface area contributed by atoms with E-state index in [0.29, 0.717) is 5.75 Å². The summed E-state index contributed by atoms with van der Waals surface area (Å²) in [4.78, 5) is 6.85. The van der Waals surface area contributed by atoms with E-state index in [1.807, 2.05) is 26.0 Å². The summed E-state index contributed by atoms with van der Waals surface area (Å²) in [6.07, 6.45) is 0. The summed E-state index contributed by atoms with van der Waals surface area (Å²) in [6, 6.07) is 12.3. The Hall–Kier alpha value is -1.86. The highest BCUT2D eigenvalue weighted by Crippen LogP contribution is 2.37. The molecule has 0 spiro atoms. The zero-order valence-electron chi connectivity index (χ0n) is 15.2. The maximum absolute atomic E-state index is 13.1. The van der Waals surface area contributed by atoms with E-state index in [2.05, 4.69) is 11.0 Å². The van der Waals surface area contributed by atoms with Crippen LogP contribution in [0.4, 0.5) is 10.1 Å². The quantitative estimate of drug-likeness (QED) is 0.782. The first-order chi connectivity index (χ1) is 12.8. The van der Waals surface area contributed by atoms with Crippen LogP contribution in [0.25, 0.3) is 0 Å². The lowest BCUT2D eigenvalue weighted by molar-refractivity contribution is 0.601. The Bertz CT molecular complexity index is 1000. The van der Waals surface area contributed by atoms with E-state index >= 15 is 0 Å². The predicted molar refractivity (Wildman–Crippen MR) is 110 cm³/mol. The molecule has 0 N–H and O–H groups in total. The summed E-state index contributed by atoms with van der Waals surface area (Å²) in [5.74, 6) is 0.653. The molecule has 0 amide bonds. The van der Waals surface area contributed by atoms with Gasteiger partial charge >= 0.3 is 0 Å². The second kappa shape index (κ2) is 6.95. The largest absolute Gasteiger partial charge is 0.315 e. The van der Waals surface area contributed by atoms with Crippen molar-refractivity contribution < 1.29 is 12.8 Å². The summed E-state index contributed by atoms with van der Waals surface area (Å²) in [6.45, 7) is 4.09. The SMILES string of the molecule is Cc1ccc(N2C(SCc3ccc(F)cc3)=N[C@@H]3CS(=O)(=O)C[C@H]32)c(C)c1. The standard InChI is InChI=1S/C20H21FN2O2S2/c1-13-3-8-18(14(2)9-13)23-19-12-27(24,25)11-17(19)22-20(23)26-10-15-4-6-16(21)7-5-15/h3-9,17,19H,10-12H2,1-2H3/t17-,19-/m1/s1. The van der Waals surface area contributed by atoms with Crippen molar-refractivity contribution in [1.29, 1.82) is 0 Å². The molecule has 0 saturated carbocycles. The summed E-state index contributed by atoms with van der Waals surface area (Å²) in [7, 11) is -3.06. The number of rotatable bonds is 3. The van der Waals surface area contributed by atoms with Crippen LogP contribution < -0.4 is 4.90 Å². The van der Waals surface area contributed by atoms with Gasteiger partial charge in [0.25, 0.3) is 0 Å². The van der Waals surface area contributed by atoms with Crippen molar-refractivity contribution in [2.24, 2.45) is 4.99 Å². The van der Waals surface area contributed by atoms with Crippen LogP contribution in [0, 0.1) is 19.7 Å². The number of aliphatic imine (C=N–C) groups is 1. The van der Waals surface area contributed by atoms with Crippen LogP contribution in [0.1, 0.15) is 16.7 Å². The molecule has 4 nitrogen and oxygen atoms in total. The molecule has 0 aromatic heterocycles. The molecule has 1 saturated heterocycles. The van der Waals surface area contributed by atoms with E-state index in [0.717, 1.165) is 22.0 Å². The number of nitrogens with zero attached hydrogens (tertiary/aromatic N) is 2. The van der Waals surface area contributed by atoms with E-state index in [-0.39, 0.29) is 29.4 Å². The molecule has 0 unspecified atom stereocenters. The van der Waals surface area contributed by atoms with Crippen LogP contribution in [-0.4, -0.2) is 37.2 Å². The van der Waals surface area contributed by atoms with Gasteiger partial charge in [0.15, 0.2) is 15.0 Å². The second-order valence-corrected chi connectivity index (χ2v) is 10.3. The first-order valence-electron chi connectivity index (χ1n) is 8.84. The zero-order valence-corrected chi connectivity index (χ0v) is 16.9. The average molecular weight is 405 g/mol. The Morgan fingerprint density at radius 3 is 2.59 bits per heavy atom. The molecule has 4 rings (SSSR count). The first kappa shape index (κ1) is 18.5. The van der Waals surface area contributed by atoms with Crippen LogP contribution in [0.15, 0.2) is 47.5 Å². The molecule has 0 radical (unpaired) electrons. The minimum atomic E-state index is -3.06. The van der Waals surface area contributed by atoms with Gasteiger partial charge in [0.1, 0.15) is 5.82 Å². The smallest absolute Gasteiger partial charge is 0.164 e. The number of fused-ring (bicyclic) bond motifs is 1. The van der Waals surface area contributed by atoms with E-state index in [1.165, 1.54) is 17.7 Å². The van der Waals surface area contributed by atoms with Crippen LogP contribution in [-0.2, 0) is 15.6 Å². The maximum atomic E-state index is 13.1. The summed E-state index contributed by atoms with van der Waals surface area (Å²) in [5, 5.41) is 0.844. The van der Waals surface area contributed by atoms with Gasteiger partial charge in [0, 0.05) is 11.4 Å². The summed E-state index contributed by atoms with van der Waals surface area (Å²) in [5.41, 5.74) is 4.29. The van der Waals surface area contributed by atoms with E-state index in [4.69, 9.17) is 4.99 Å². The third-order valence-electron chi connectivity index (χ3n) is 5.00. The van der Waals surface area contributed by atoms with Gasteiger partial charge in [0.2, 0.25) is 0 Å². The number of hydrogen-bond donors (Lipinski definition) is 0. The van der Waals surface area contributed by atoms with Crippen molar-refractivity contribution >= 4 is 32.5 Å². The highest BCUT2D eigenvalue weighted by atomic mass is 32.2. The van der Waals surface area contributed by atoms with Gasteiger partial charge < -0.3 is 4.90 Å². The number of benzene rings is 2. The molecule has 2 heterocycles. The molecule has 27 heavy (non-hydrogen) atoms. The number of anilines is 1. The Kier molecular flexibility index (Phi) is 4.76. The van der Waals surface area contributed by atoms with Gasteiger partial charge in [-0.2, -0.15) is 0 Å². The summed E-state index contributed by atoms with van der Waals surface area (Å²) >= 11 is 1.57. The number of hydrogen-bond acceptors (Lipinski definition) is 5. The van der Waals surface area contributed by atoms with E-state index in [1.54, 1.807) is 23.9 Å². The molecule has 0 bridgehead atoms. The number of aryl methyl sites for hydroxylation is 2. The minimum Gasteiger partial charge on any atom is -0.315 e. The number of halogens is 1. The van der Waals surface area contributed by atoms with Crippen molar-refractivity contribution in [3.8, 4) is 0 Å².